The molecule has 3 aromatic rings. The Morgan fingerprint density at radius 3 is 3.00 bits per heavy atom. The molecular weight excluding hydrogens is 350 g/mol. The average Bonchev–Trinajstić information content (AvgIpc) is 2.81. The number of imidazole rings is 1. The molecule has 1 aromatic carbocycles. The van der Waals surface area contributed by atoms with Crippen LogP contribution < -0.4 is 0 Å². The summed E-state index contributed by atoms with van der Waals surface area (Å²) in [6.45, 7) is 0.893. The van der Waals surface area contributed by atoms with Crippen LogP contribution in [0.3, 0.4) is 0 Å². The molecular formula is C16H13BrClN3. The number of alkyl halides is 1. The molecule has 4 rings (SSSR count). The molecule has 5 heteroatoms. The standard InChI is InChI=1S/C16H13BrClN3/c17-12-6-14-16(19-8-12)21(15(7-18)20-14)9-11-5-10-3-1-2-4-13(10)11/h1-4,6,8,11H,5,7,9H2. The summed E-state index contributed by atoms with van der Waals surface area (Å²) in [6, 6.07) is 10.6. The second-order valence-electron chi connectivity index (χ2n) is 5.37. The van der Waals surface area contributed by atoms with Crippen molar-refractivity contribution in [2.45, 2.75) is 24.8 Å². The highest BCUT2D eigenvalue weighted by molar-refractivity contribution is 9.10. The van der Waals surface area contributed by atoms with E-state index in [-0.39, 0.29) is 0 Å². The van der Waals surface area contributed by atoms with Crippen molar-refractivity contribution in [1.29, 1.82) is 0 Å². The third-order valence-electron chi connectivity index (χ3n) is 4.11. The van der Waals surface area contributed by atoms with Gasteiger partial charge in [0.1, 0.15) is 11.3 Å². The predicted octanol–water partition coefficient (Wildman–Crippen LogP) is 4.27. The van der Waals surface area contributed by atoms with Crippen molar-refractivity contribution in [3.63, 3.8) is 0 Å². The predicted molar refractivity (Wildman–Crippen MR) is 87.7 cm³/mol. The lowest BCUT2D eigenvalue weighted by Gasteiger charge is -2.30. The fourth-order valence-electron chi connectivity index (χ4n) is 3.07. The largest absolute Gasteiger partial charge is 0.311 e. The van der Waals surface area contributed by atoms with Gasteiger partial charge in [-0.3, -0.25) is 0 Å². The van der Waals surface area contributed by atoms with Crippen molar-refractivity contribution in [1.82, 2.24) is 14.5 Å². The summed E-state index contributed by atoms with van der Waals surface area (Å²) in [5.41, 5.74) is 4.71. The molecule has 0 bridgehead atoms. The van der Waals surface area contributed by atoms with Gasteiger partial charge in [-0.1, -0.05) is 24.3 Å². The van der Waals surface area contributed by atoms with Gasteiger partial charge in [0.05, 0.1) is 5.88 Å². The zero-order chi connectivity index (χ0) is 14.4. The highest BCUT2D eigenvalue weighted by Gasteiger charge is 2.27. The van der Waals surface area contributed by atoms with E-state index in [9.17, 15) is 0 Å². The van der Waals surface area contributed by atoms with E-state index in [0.717, 1.165) is 34.4 Å². The number of pyridine rings is 1. The summed E-state index contributed by atoms with van der Waals surface area (Å²) < 4.78 is 3.10. The maximum absolute atomic E-state index is 6.07. The summed E-state index contributed by atoms with van der Waals surface area (Å²) in [5.74, 6) is 1.83. The van der Waals surface area contributed by atoms with Crippen LogP contribution in [0.5, 0.6) is 0 Å². The van der Waals surface area contributed by atoms with Crippen molar-refractivity contribution in [2.24, 2.45) is 0 Å². The summed E-state index contributed by atoms with van der Waals surface area (Å²) >= 11 is 9.51. The van der Waals surface area contributed by atoms with Crippen LogP contribution in [-0.4, -0.2) is 14.5 Å². The van der Waals surface area contributed by atoms with Crippen molar-refractivity contribution in [3.05, 3.63) is 58.0 Å². The van der Waals surface area contributed by atoms with Gasteiger partial charge in [0.15, 0.2) is 5.65 Å². The summed E-state index contributed by atoms with van der Waals surface area (Å²) in [4.78, 5) is 9.11. The topological polar surface area (TPSA) is 30.7 Å². The van der Waals surface area contributed by atoms with Gasteiger partial charge in [0.25, 0.3) is 0 Å². The molecule has 106 valence electrons. The van der Waals surface area contributed by atoms with E-state index in [1.54, 1.807) is 0 Å². The van der Waals surface area contributed by atoms with Crippen LogP contribution in [0.2, 0.25) is 0 Å². The molecule has 0 saturated heterocycles. The summed E-state index contributed by atoms with van der Waals surface area (Å²) in [7, 11) is 0. The molecule has 0 aliphatic heterocycles. The minimum absolute atomic E-state index is 0.405. The first kappa shape index (κ1) is 13.3. The lowest BCUT2D eigenvalue weighted by atomic mass is 9.77. The highest BCUT2D eigenvalue weighted by atomic mass is 79.9. The molecule has 3 nitrogen and oxygen atoms in total. The Morgan fingerprint density at radius 1 is 1.33 bits per heavy atom. The Balaban J connectivity index is 1.74. The van der Waals surface area contributed by atoms with Crippen LogP contribution >= 0.6 is 27.5 Å². The van der Waals surface area contributed by atoms with E-state index >= 15 is 0 Å². The Labute approximate surface area is 136 Å². The molecule has 21 heavy (non-hydrogen) atoms. The van der Waals surface area contributed by atoms with Gasteiger partial charge >= 0.3 is 0 Å². The average molecular weight is 363 g/mol. The quantitative estimate of drug-likeness (QED) is 0.651. The minimum atomic E-state index is 0.405. The zero-order valence-corrected chi connectivity index (χ0v) is 13.6. The second-order valence-corrected chi connectivity index (χ2v) is 6.55. The van der Waals surface area contributed by atoms with Crippen molar-refractivity contribution >= 4 is 38.7 Å². The van der Waals surface area contributed by atoms with Gasteiger partial charge in [0, 0.05) is 23.1 Å². The molecule has 1 aliphatic rings. The molecule has 1 unspecified atom stereocenters. The maximum Gasteiger partial charge on any atom is 0.160 e. The molecule has 2 heterocycles. The Kier molecular flexibility index (Phi) is 3.23. The van der Waals surface area contributed by atoms with Gasteiger partial charge in [-0.15, -0.1) is 11.6 Å². The number of aromatic nitrogens is 3. The number of nitrogens with zero attached hydrogens (tertiary/aromatic N) is 3. The number of halogens is 2. The minimum Gasteiger partial charge on any atom is -0.311 e. The van der Waals surface area contributed by atoms with E-state index in [2.05, 4.69) is 54.7 Å². The molecule has 2 aromatic heterocycles. The van der Waals surface area contributed by atoms with E-state index in [1.807, 2.05) is 12.3 Å². The molecule has 1 atom stereocenters. The second kappa shape index (κ2) is 5.11. The number of hydrogen-bond donors (Lipinski definition) is 0. The van der Waals surface area contributed by atoms with E-state index < -0.39 is 0 Å². The van der Waals surface area contributed by atoms with Crippen LogP contribution in [0.1, 0.15) is 22.9 Å². The molecule has 0 amide bonds. The smallest absolute Gasteiger partial charge is 0.160 e. The third kappa shape index (κ3) is 2.17. The molecule has 0 spiro atoms. The number of rotatable bonds is 3. The van der Waals surface area contributed by atoms with Gasteiger partial charge in [-0.05, 0) is 39.5 Å². The van der Waals surface area contributed by atoms with Crippen molar-refractivity contribution in [3.8, 4) is 0 Å². The molecule has 0 saturated carbocycles. The molecule has 0 N–H and O–H groups in total. The monoisotopic (exact) mass is 361 g/mol. The Hall–Kier alpha value is -1.39. The molecule has 1 aliphatic carbocycles. The Bertz CT molecular complexity index is 828. The fourth-order valence-corrected chi connectivity index (χ4v) is 3.60. The molecule has 0 radical (unpaired) electrons. The number of hydrogen-bond acceptors (Lipinski definition) is 2. The van der Waals surface area contributed by atoms with Crippen LogP contribution in [0.25, 0.3) is 11.2 Å². The fraction of sp³-hybridized carbons (Fsp3) is 0.250. The van der Waals surface area contributed by atoms with Crippen LogP contribution in [0.15, 0.2) is 41.0 Å². The highest BCUT2D eigenvalue weighted by Crippen LogP contribution is 2.37. The van der Waals surface area contributed by atoms with E-state index in [1.165, 1.54) is 11.1 Å². The summed E-state index contributed by atoms with van der Waals surface area (Å²) in [6.07, 6.45) is 2.93. The first-order valence-corrected chi connectivity index (χ1v) is 8.23. The van der Waals surface area contributed by atoms with Gasteiger partial charge in [-0.2, -0.15) is 0 Å². The van der Waals surface area contributed by atoms with Gasteiger partial charge in [0.2, 0.25) is 0 Å². The zero-order valence-electron chi connectivity index (χ0n) is 11.3. The van der Waals surface area contributed by atoms with Crippen molar-refractivity contribution in [2.75, 3.05) is 0 Å². The van der Waals surface area contributed by atoms with Gasteiger partial charge < -0.3 is 4.57 Å². The first-order valence-electron chi connectivity index (χ1n) is 6.90. The number of fused-ring (bicyclic) bond motifs is 2. The molecule has 0 fully saturated rings. The SMILES string of the molecule is ClCc1nc2cc(Br)cnc2n1CC1Cc2ccccc21. The number of benzene rings is 1. The summed E-state index contributed by atoms with van der Waals surface area (Å²) in [5, 5.41) is 0. The van der Waals surface area contributed by atoms with Crippen LogP contribution in [-0.2, 0) is 18.8 Å². The van der Waals surface area contributed by atoms with Crippen molar-refractivity contribution < 1.29 is 0 Å². The van der Waals surface area contributed by atoms with E-state index in [0.29, 0.717) is 11.8 Å². The van der Waals surface area contributed by atoms with Crippen LogP contribution in [0.4, 0.5) is 0 Å². The normalized spacial score (nSPS) is 16.8. The Morgan fingerprint density at radius 2 is 2.19 bits per heavy atom. The van der Waals surface area contributed by atoms with E-state index in [4.69, 9.17) is 11.6 Å². The lowest BCUT2D eigenvalue weighted by molar-refractivity contribution is 0.506. The third-order valence-corrected chi connectivity index (χ3v) is 4.79. The van der Waals surface area contributed by atoms with Gasteiger partial charge in [-0.25, -0.2) is 9.97 Å². The maximum atomic E-state index is 6.07. The lowest BCUT2D eigenvalue weighted by Crippen LogP contribution is -2.22. The first-order chi connectivity index (χ1) is 10.3. The van der Waals surface area contributed by atoms with Crippen LogP contribution in [0, 0.1) is 0 Å².